The average molecular weight is 247 g/mol. The summed E-state index contributed by atoms with van der Waals surface area (Å²) in [6.45, 7) is 3.27. The highest BCUT2D eigenvalue weighted by atomic mass is 16.2. The highest BCUT2D eigenvalue weighted by Gasteiger charge is 2.16. The fourth-order valence-corrected chi connectivity index (χ4v) is 1.92. The van der Waals surface area contributed by atoms with E-state index in [1.165, 1.54) is 6.92 Å². The first-order valence-corrected chi connectivity index (χ1v) is 6.04. The van der Waals surface area contributed by atoms with Crippen molar-refractivity contribution in [3.05, 3.63) is 29.8 Å². The second-order valence-electron chi connectivity index (χ2n) is 4.42. The molecular formula is C13H17N3O2. The molecule has 0 saturated carbocycles. The van der Waals surface area contributed by atoms with Gasteiger partial charge in [-0.3, -0.25) is 4.79 Å². The quantitative estimate of drug-likeness (QED) is 0.707. The molecule has 5 nitrogen and oxygen atoms in total. The van der Waals surface area contributed by atoms with Crippen LogP contribution in [0.2, 0.25) is 0 Å². The average Bonchev–Trinajstić information content (AvgIpc) is 2.82. The number of Topliss-reactive ketones (excluding diaryl/α,β-unsaturated/α-hetero) is 1. The van der Waals surface area contributed by atoms with Gasteiger partial charge in [0, 0.05) is 23.8 Å². The lowest BCUT2D eigenvalue weighted by Crippen LogP contribution is -2.39. The van der Waals surface area contributed by atoms with E-state index in [1.54, 1.807) is 24.3 Å². The van der Waals surface area contributed by atoms with Gasteiger partial charge in [-0.2, -0.15) is 0 Å². The van der Waals surface area contributed by atoms with Gasteiger partial charge in [-0.25, -0.2) is 4.79 Å². The number of benzene rings is 1. The summed E-state index contributed by atoms with van der Waals surface area (Å²) >= 11 is 0. The van der Waals surface area contributed by atoms with Gasteiger partial charge >= 0.3 is 6.03 Å². The zero-order valence-corrected chi connectivity index (χ0v) is 10.3. The molecule has 1 aromatic rings. The van der Waals surface area contributed by atoms with Crippen molar-refractivity contribution in [2.24, 2.45) is 0 Å². The molecule has 1 aliphatic rings. The summed E-state index contributed by atoms with van der Waals surface area (Å²) < 4.78 is 0. The van der Waals surface area contributed by atoms with Crippen molar-refractivity contribution >= 4 is 17.5 Å². The van der Waals surface area contributed by atoms with Crippen LogP contribution in [-0.4, -0.2) is 30.9 Å². The maximum atomic E-state index is 11.7. The minimum atomic E-state index is -0.209. The van der Waals surface area contributed by atoms with Gasteiger partial charge in [-0.15, -0.1) is 0 Å². The third-order valence-electron chi connectivity index (χ3n) is 2.94. The predicted molar refractivity (Wildman–Crippen MR) is 69.9 cm³/mol. The highest BCUT2D eigenvalue weighted by Crippen LogP contribution is 2.10. The van der Waals surface area contributed by atoms with Gasteiger partial charge in [0.15, 0.2) is 5.78 Å². The SMILES string of the molecule is CC(=O)c1ccc(NC(=O)NC2CCNC2)cc1. The van der Waals surface area contributed by atoms with Crippen LogP contribution in [0.3, 0.4) is 0 Å². The Bertz CT molecular complexity index is 436. The van der Waals surface area contributed by atoms with E-state index in [0.29, 0.717) is 11.3 Å². The first-order valence-electron chi connectivity index (χ1n) is 6.04. The van der Waals surface area contributed by atoms with Gasteiger partial charge in [0.05, 0.1) is 0 Å². The van der Waals surface area contributed by atoms with Gasteiger partial charge < -0.3 is 16.0 Å². The molecule has 1 saturated heterocycles. The van der Waals surface area contributed by atoms with E-state index < -0.39 is 0 Å². The van der Waals surface area contributed by atoms with Gasteiger partial charge in [0.25, 0.3) is 0 Å². The first kappa shape index (κ1) is 12.6. The Hall–Kier alpha value is -1.88. The molecule has 1 aromatic carbocycles. The molecule has 0 spiro atoms. The molecule has 5 heteroatoms. The first-order chi connectivity index (χ1) is 8.65. The van der Waals surface area contributed by atoms with Crippen LogP contribution in [0, 0.1) is 0 Å². The predicted octanol–water partition coefficient (Wildman–Crippen LogP) is 1.37. The number of ketones is 1. The third kappa shape index (κ3) is 3.30. The van der Waals surface area contributed by atoms with Crippen molar-refractivity contribution in [1.82, 2.24) is 10.6 Å². The molecule has 1 heterocycles. The van der Waals surface area contributed by atoms with Crippen LogP contribution in [-0.2, 0) is 0 Å². The molecule has 18 heavy (non-hydrogen) atoms. The van der Waals surface area contributed by atoms with E-state index in [1.807, 2.05) is 0 Å². The van der Waals surface area contributed by atoms with E-state index in [-0.39, 0.29) is 17.9 Å². The van der Waals surface area contributed by atoms with E-state index in [0.717, 1.165) is 19.5 Å². The second kappa shape index (κ2) is 5.64. The smallest absolute Gasteiger partial charge is 0.319 e. The summed E-state index contributed by atoms with van der Waals surface area (Å²) in [5, 5.41) is 8.81. The standard InChI is InChI=1S/C13H17N3O2/c1-9(17)10-2-4-11(5-3-10)15-13(18)16-12-6-7-14-8-12/h2-5,12,14H,6-8H2,1H3,(H2,15,16,18). The summed E-state index contributed by atoms with van der Waals surface area (Å²) in [5.74, 6) is 0.0167. The van der Waals surface area contributed by atoms with Crippen molar-refractivity contribution in [3.8, 4) is 0 Å². The summed E-state index contributed by atoms with van der Waals surface area (Å²) in [6, 6.07) is 6.84. The molecule has 2 amide bonds. The molecule has 0 radical (unpaired) electrons. The number of hydrogen-bond acceptors (Lipinski definition) is 3. The van der Waals surface area contributed by atoms with E-state index in [4.69, 9.17) is 0 Å². The van der Waals surface area contributed by atoms with Crippen LogP contribution < -0.4 is 16.0 Å². The van der Waals surface area contributed by atoms with Crippen molar-refractivity contribution in [1.29, 1.82) is 0 Å². The summed E-state index contributed by atoms with van der Waals surface area (Å²) in [6.07, 6.45) is 0.955. The van der Waals surface area contributed by atoms with Gasteiger partial charge in [-0.05, 0) is 44.2 Å². The lowest BCUT2D eigenvalue weighted by atomic mass is 10.1. The van der Waals surface area contributed by atoms with Crippen molar-refractivity contribution in [2.45, 2.75) is 19.4 Å². The highest BCUT2D eigenvalue weighted by molar-refractivity contribution is 5.95. The zero-order chi connectivity index (χ0) is 13.0. The molecule has 0 aromatic heterocycles. The summed E-state index contributed by atoms with van der Waals surface area (Å²) in [7, 11) is 0. The Labute approximate surface area is 106 Å². The van der Waals surface area contributed by atoms with Crippen LogP contribution >= 0.6 is 0 Å². The normalized spacial score (nSPS) is 18.4. The number of anilines is 1. The molecule has 1 aliphatic heterocycles. The van der Waals surface area contributed by atoms with Gasteiger partial charge in [-0.1, -0.05) is 0 Å². The number of carbonyl (C=O) groups is 2. The number of amides is 2. The largest absolute Gasteiger partial charge is 0.334 e. The number of urea groups is 1. The Morgan fingerprint density at radius 3 is 2.56 bits per heavy atom. The number of carbonyl (C=O) groups excluding carboxylic acids is 2. The Balaban J connectivity index is 1.88. The van der Waals surface area contributed by atoms with Crippen LogP contribution in [0.5, 0.6) is 0 Å². The molecule has 1 atom stereocenters. The van der Waals surface area contributed by atoms with E-state index in [2.05, 4.69) is 16.0 Å². The van der Waals surface area contributed by atoms with Crippen LogP contribution in [0.25, 0.3) is 0 Å². The maximum Gasteiger partial charge on any atom is 0.319 e. The topological polar surface area (TPSA) is 70.2 Å². The second-order valence-corrected chi connectivity index (χ2v) is 4.42. The van der Waals surface area contributed by atoms with Gasteiger partial charge in [0.1, 0.15) is 0 Å². The molecule has 0 bridgehead atoms. The molecular weight excluding hydrogens is 230 g/mol. The molecule has 1 fully saturated rings. The molecule has 96 valence electrons. The maximum absolute atomic E-state index is 11.7. The number of rotatable bonds is 3. The zero-order valence-electron chi connectivity index (χ0n) is 10.3. The third-order valence-corrected chi connectivity index (χ3v) is 2.94. The summed E-state index contributed by atoms with van der Waals surface area (Å²) in [4.78, 5) is 22.8. The molecule has 3 N–H and O–H groups in total. The molecule has 2 rings (SSSR count). The minimum Gasteiger partial charge on any atom is -0.334 e. The van der Waals surface area contributed by atoms with Gasteiger partial charge in [0.2, 0.25) is 0 Å². The minimum absolute atomic E-state index is 0.0167. The van der Waals surface area contributed by atoms with E-state index in [9.17, 15) is 9.59 Å². The fraction of sp³-hybridized carbons (Fsp3) is 0.385. The van der Waals surface area contributed by atoms with Crippen LogP contribution in [0.4, 0.5) is 10.5 Å². The Morgan fingerprint density at radius 1 is 1.28 bits per heavy atom. The Kier molecular flexibility index (Phi) is 3.94. The van der Waals surface area contributed by atoms with Crippen LogP contribution in [0.15, 0.2) is 24.3 Å². The fourth-order valence-electron chi connectivity index (χ4n) is 1.92. The Morgan fingerprint density at radius 2 is 2.00 bits per heavy atom. The number of nitrogens with one attached hydrogen (secondary N) is 3. The monoisotopic (exact) mass is 247 g/mol. The number of hydrogen-bond donors (Lipinski definition) is 3. The van der Waals surface area contributed by atoms with Crippen molar-refractivity contribution < 1.29 is 9.59 Å². The lowest BCUT2D eigenvalue weighted by molar-refractivity contribution is 0.101. The molecule has 0 aliphatic carbocycles. The van der Waals surface area contributed by atoms with Crippen molar-refractivity contribution in [2.75, 3.05) is 18.4 Å². The molecule has 1 unspecified atom stereocenters. The van der Waals surface area contributed by atoms with E-state index >= 15 is 0 Å². The van der Waals surface area contributed by atoms with Crippen LogP contribution in [0.1, 0.15) is 23.7 Å². The lowest BCUT2D eigenvalue weighted by Gasteiger charge is -2.12. The summed E-state index contributed by atoms with van der Waals surface area (Å²) in [5.41, 5.74) is 1.32. The van der Waals surface area contributed by atoms with Crippen molar-refractivity contribution in [3.63, 3.8) is 0 Å².